The van der Waals surface area contributed by atoms with E-state index < -0.39 is 10.7 Å². The van der Waals surface area contributed by atoms with E-state index in [1.54, 1.807) is 34.4 Å². The molecule has 2 nitrogen and oxygen atoms in total. The van der Waals surface area contributed by atoms with E-state index in [1.807, 2.05) is 12.1 Å². The molecule has 0 aliphatic heterocycles. The van der Waals surface area contributed by atoms with Crippen LogP contribution in [0.3, 0.4) is 0 Å². The number of thiol groups is 1. The Bertz CT molecular complexity index is 325. The summed E-state index contributed by atoms with van der Waals surface area (Å²) in [5, 5.41) is 0. The summed E-state index contributed by atoms with van der Waals surface area (Å²) in [7, 11) is -2.42. The molecule has 1 aromatic rings. The second kappa shape index (κ2) is 4.27. The monoisotopic (exact) mass is 301 g/mol. The Labute approximate surface area is 88.3 Å². The summed E-state index contributed by atoms with van der Waals surface area (Å²) in [5.74, 6) is 0. The van der Waals surface area contributed by atoms with Crippen LogP contribution >= 0.6 is 0 Å². The Morgan fingerprint density at radius 3 is 2.17 bits per heavy atom. The average molecular weight is 299 g/mol. The zero-order chi connectivity index (χ0) is 9.14. The normalized spacial score (nSPS) is 13.2. The summed E-state index contributed by atoms with van der Waals surface area (Å²) in [6.45, 7) is 2.10. The fourth-order valence-corrected chi connectivity index (χ4v) is 1.76. The molecule has 0 aliphatic rings. The molecule has 0 aliphatic carbocycles. The minimum Gasteiger partial charge on any atom is 1.00 e. The molecular weight excluding hydrogens is 288 g/mol. The van der Waals surface area contributed by atoms with Crippen LogP contribution in [0.4, 0.5) is 0 Å². The fraction of sp³-hybridized carbons (Fsp3) is 0.250. The molecule has 1 rings (SSSR count). The zero-order valence-corrected chi connectivity index (χ0v) is 10.0. The number of hydrogen-bond donors (Lipinski definition) is 1. The third kappa shape index (κ3) is 2.48. The molecule has 0 spiro atoms. The first-order valence-electron chi connectivity index (χ1n) is 3.53. The van der Waals surface area contributed by atoms with Gasteiger partial charge in [0.25, 0.3) is 0 Å². The summed E-state index contributed by atoms with van der Waals surface area (Å²) >= 11 is 1.72. The molecule has 0 heterocycles. The van der Waals surface area contributed by atoms with Crippen LogP contribution in [-0.2, 0) is 10.7 Å². The Morgan fingerprint density at radius 1 is 1.33 bits per heavy atom. The Balaban J connectivity index is 0.00000144. The average Bonchev–Trinajstić information content (AvgIpc) is 2.04. The third-order valence-corrected chi connectivity index (χ3v) is 3.16. The van der Waals surface area contributed by atoms with Crippen molar-refractivity contribution in [2.75, 3.05) is 0 Å². The summed E-state index contributed by atoms with van der Waals surface area (Å²) < 4.78 is 21.5. The molecule has 0 radical (unpaired) electrons. The van der Waals surface area contributed by atoms with Gasteiger partial charge in [-0.1, -0.05) is 0 Å². The van der Waals surface area contributed by atoms with Crippen molar-refractivity contribution in [1.82, 2.24) is 0 Å². The molecule has 0 fully saturated rings. The van der Waals surface area contributed by atoms with Gasteiger partial charge >= 0.3 is 88.5 Å². The fourth-order valence-electron chi connectivity index (χ4n) is 0.875. The van der Waals surface area contributed by atoms with Gasteiger partial charge in [0.1, 0.15) is 0 Å². The molecule has 4 heteroatoms. The Kier molecular flexibility index (Phi) is 3.57. The first-order chi connectivity index (χ1) is 5.61. The second-order valence-corrected chi connectivity index (χ2v) is 5.77. The molecule has 0 N–H and O–H groups in total. The molecular formula is C8H11O2STe+. The Hall–Kier alpha value is -0.0404. The molecule has 1 unspecified atom stereocenters. The number of rotatable bonds is 2. The van der Waals surface area contributed by atoms with Gasteiger partial charge in [-0.2, -0.15) is 0 Å². The van der Waals surface area contributed by atoms with Crippen molar-refractivity contribution >= 4 is 33.0 Å². The van der Waals surface area contributed by atoms with Crippen LogP contribution in [0.25, 0.3) is 0 Å². The molecule has 0 bridgehead atoms. The maximum absolute atomic E-state index is 10.5. The first-order valence-corrected chi connectivity index (χ1v) is 6.19. The zero-order valence-electron chi connectivity index (χ0n) is 7.60. The van der Waals surface area contributed by atoms with E-state index in [4.69, 9.17) is 0 Å². The van der Waals surface area contributed by atoms with Gasteiger partial charge < -0.3 is 0 Å². The summed E-state index contributed by atoms with van der Waals surface area (Å²) in [6, 6.07) is 7.03. The van der Waals surface area contributed by atoms with Crippen LogP contribution in [0.15, 0.2) is 29.2 Å². The van der Waals surface area contributed by atoms with Crippen LogP contribution in [0.1, 0.15) is 17.9 Å². The smallest absolute Gasteiger partial charge is 1.00 e. The number of hydrogen-bond acceptors (Lipinski definition) is 2. The van der Waals surface area contributed by atoms with Gasteiger partial charge in [0, 0.05) is 0 Å². The molecule has 1 aromatic carbocycles. The number of benzene rings is 1. The van der Waals surface area contributed by atoms with E-state index in [2.05, 4.69) is 6.92 Å². The van der Waals surface area contributed by atoms with Crippen molar-refractivity contribution in [3.8, 4) is 0 Å². The molecule has 0 saturated heterocycles. The Morgan fingerprint density at radius 2 is 1.83 bits per heavy atom. The van der Waals surface area contributed by atoms with Crippen molar-refractivity contribution in [2.24, 2.45) is 0 Å². The van der Waals surface area contributed by atoms with Crippen LogP contribution in [0.5, 0.6) is 0 Å². The summed E-state index contributed by atoms with van der Waals surface area (Å²) in [5.41, 5.74) is 1.18. The van der Waals surface area contributed by atoms with Crippen LogP contribution in [0.2, 0.25) is 0 Å². The maximum Gasteiger partial charge on any atom is 1.00 e. The van der Waals surface area contributed by atoms with Crippen molar-refractivity contribution in [2.45, 2.75) is 15.8 Å². The largest absolute Gasteiger partial charge is 1.00 e. The third-order valence-electron chi connectivity index (χ3n) is 1.59. The van der Waals surface area contributed by atoms with E-state index >= 15 is 0 Å². The quantitative estimate of drug-likeness (QED) is 0.645. The minimum absolute atomic E-state index is 0. The van der Waals surface area contributed by atoms with Gasteiger partial charge in [-0.3, -0.25) is 0 Å². The van der Waals surface area contributed by atoms with Crippen molar-refractivity contribution in [3.63, 3.8) is 0 Å². The maximum atomic E-state index is 10.5. The molecule has 12 heavy (non-hydrogen) atoms. The van der Waals surface area contributed by atoms with E-state index in [-0.39, 0.29) is 1.43 Å². The molecule has 0 saturated carbocycles. The molecule has 1 atom stereocenters. The minimum atomic E-state index is -2.42. The van der Waals surface area contributed by atoms with E-state index in [9.17, 15) is 8.42 Å². The topological polar surface area (TPSA) is 34.1 Å². The molecule has 0 aromatic heterocycles. The van der Waals surface area contributed by atoms with Gasteiger partial charge in [0.2, 0.25) is 0 Å². The molecule has 66 valence electrons. The van der Waals surface area contributed by atoms with Gasteiger partial charge in [-0.25, -0.2) is 0 Å². The van der Waals surface area contributed by atoms with E-state index in [1.165, 1.54) is 5.56 Å². The second-order valence-electron chi connectivity index (χ2n) is 2.52. The predicted octanol–water partition coefficient (Wildman–Crippen LogP) is 0.731. The summed E-state index contributed by atoms with van der Waals surface area (Å²) in [4.78, 5) is 0.389. The van der Waals surface area contributed by atoms with Crippen LogP contribution in [0, 0.1) is 0 Å². The van der Waals surface area contributed by atoms with Crippen molar-refractivity contribution < 1.29 is 9.84 Å². The molecule has 0 amide bonds. The SMILES string of the molecule is CC([TeH])c1ccc([SH](=O)=O)cc1.[H+]. The van der Waals surface area contributed by atoms with Gasteiger partial charge in [0.05, 0.1) is 0 Å². The first kappa shape index (κ1) is 10.0. The van der Waals surface area contributed by atoms with Gasteiger partial charge in [-0.15, -0.1) is 0 Å². The predicted molar refractivity (Wildman–Crippen MR) is 51.7 cm³/mol. The van der Waals surface area contributed by atoms with Gasteiger partial charge in [-0.05, 0) is 0 Å². The van der Waals surface area contributed by atoms with Crippen LogP contribution in [-0.4, -0.2) is 30.7 Å². The van der Waals surface area contributed by atoms with Crippen LogP contribution < -0.4 is 0 Å². The standard InChI is InChI=1S/C8H10O2STe/c1-6(12)7-2-4-8(5-3-7)11(9)10/h2-6,11-12H,1H3/p+1. The van der Waals surface area contributed by atoms with Crippen molar-refractivity contribution in [1.29, 1.82) is 0 Å². The van der Waals surface area contributed by atoms with Crippen molar-refractivity contribution in [3.05, 3.63) is 29.8 Å². The summed E-state index contributed by atoms with van der Waals surface area (Å²) in [6.07, 6.45) is 0. The van der Waals surface area contributed by atoms with Gasteiger partial charge in [0.15, 0.2) is 0 Å². The van der Waals surface area contributed by atoms with E-state index in [0.717, 1.165) is 0 Å². The van der Waals surface area contributed by atoms with E-state index in [0.29, 0.717) is 8.86 Å².